The molecular formula is C14H12FN3O2. The number of urea groups is 1. The summed E-state index contributed by atoms with van der Waals surface area (Å²) in [4.78, 5) is 10.5. The van der Waals surface area contributed by atoms with Gasteiger partial charge < -0.3 is 10.5 Å². The number of benzene rings is 2. The standard InChI is InChI=1S/C14H12FN3O2/c15-11-4-6-12(7-5-11)20-13-3-1-2-10(8-13)9-17-18-14(16)19/h1-9H,(H3,16,18,19). The molecule has 0 aliphatic rings. The number of hydrogen-bond donors (Lipinski definition) is 2. The lowest BCUT2D eigenvalue weighted by atomic mass is 10.2. The molecule has 20 heavy (non-hydrogen) atoms. The molecule has 0 saturated heterocycles. The quantitative estimate of drug-likeness (QED) is 0.663. The highest BCUT2D eigenvalue weighted by molar-refractivity contribution is 5.81. The van der Waals surface area contributed by atoms with E-state index in [2.05, 4.69) is 10.5 Å². The van der Waals surface area contributed by atoms with Crippen LogP contribution in [0.3, 0.4) is 0 Å². The van der Waals surface area contributed by atoms with E-state index in [4.69, 9.17) is 10.5 Å². The van der Waals surface area contributed by atoms with Crippen molar-refractivity contribution < 1.29 is 13.9 Å². The number of nitrogens with zero attached hydrogens (tertiary/aromatic N) is 1. The summed E-state index contributed by atoms with van der Waals surface area (Å²) in [7, 11) is 0. The average Bonchev–Trinajstić information content (AvgIpc) is 2.41. The molecule has 6 heteroatoms. The lowest BCUT2D eigenvalue weighted by Gasteiger charge is -2.06. The van der Waals surface area contributed by atoms with Crippen molar-refractivity contribution in [1.29, 1.82) is 0 Å². The van der Waals surface area contributed by atoms with Gasteiger partial charge in [-0.25, -0.2) is 14.6 Å². The third kappa shape index (κ3) is 4.09. The lowest BCUT2D eigenvalue weighted by Crippen LogP contribution is -2.24. The van der Waals surface area contributed by atoms with Crippen molar-refractivity contribution in [2.45, 2.75) is 0 Å². The summed E-state index contributed by atoms with van der Waals surface area (Å²) in [6.07, 6.45) is 1.43. The Morgan fingerprint density at radius 1 is 1.20 bits per heavy atom. The first-order chi connectivity index (χ1) is 9.63. The number of hydrazone groups is 1. The Morgan fingerprint density at radius 3 is 2.65 bits per heavy atom. The third-order valence-corrected chi connectivity index (χ3v) is 2.30. The molecule has 0 atom stereocenters. The van der Waals surface area contributed by atoms with Gasteiger partial charge in [-0.1, -0.05) is 12.1 Å². The van der Waals surface area contributed by atoms with Crippen LogP contribution in [-0.4, -0.2) is 12.2 Å². The summed E-state index contributed by atoms with van der Waals surface area (Å²) in [5.74, 6) is 0.770. The molecule has 0 saturated carbocycles. The molecule has 0 aliphatic heterocycles. The van der Waals surface area contributed by atoms with Crippen LogP contribution < -0.4 is 15.9 Å². The van der Waals surface area contributed by atoms with E-state index in [1.165, 1.54) is 30.5 Å². The smallest absolute Gasteiger partial charge is 0.332 e. The largest absolute Gasteiger partial charge is 0.457 e. The van der Waals surface area contributed by atoms with E-state index in [9.17, 15) is 9.18 Å². The number of carbonyl (C=O) groups is 1. The van der Waals surface area contributed by atoms with Crippen LogP contribution in [0.15, 0.2) is 53.6 Å². The molecular weight excluding hydrogens is 261 g/mol. The summed E-state index contributed by atoms with van der Waals surface area (Å²) in [5, 5.41) is 3.65. The van der Waals surface area contributed by atoms with Crippen molar-refractivity contribution in [3.05, 3.63) is 59.9 Å². The van der Waals surface area contributed by atoms with Crippen LogP contribution in [-0.2, 0) is 0 Å². The Kier molecular flexibility index (Phi) is 4.28. The molecule has 0 aliphatic carbocycles. The molecule has 0 radical (unpaired) electrons. The minimum Gasteiger partial charge on any atom is -0.457 e. The average molecular weight is 273 g/mol. The second kappa shape index (κ2) is 6.33. The first-order valence-corrected chi connectivity index (χ1v) is 5.75. The minimum absolute atomic E-state index is 0.323. The first-order valence-electron chi connectivity index (χ1n) is 5.75. The monoisotopic (exact) mass is 273 g/mol. The van der Waals surface area contributed by atoms with E-state index >= 15 is 0 Å². The Balaban J connectivity index is 2.07. The van der Waals surface area contributed by atoms with Gasteiger partial charge in [-0.2, -0.15) is 5.10 Å². The molecule has 3 N–H and O–H groups in total. The van der Waals surface area contributed by atoms with Gasteiger partial charge in [0.2, 0.25) is 0 Å². The van der Waals surface area contributed by atoms with Gasteiger partial charge >= 0.3 is 6.03 Å². The van der Waals surface area contributed by atoms with Crippen molar-refractivity contribution in [2.75, 3.05) is 0 Å². The van der Waals surface area contributed by atoms with Crippen molar-refractivity contribution in [3.63, 3.8) is 0 Å². The molecule has 2 aromatic carbocycles. The number of halogens is 1. The normalized spacial score (nSPS) is 10.4. The third-order valence-electron chi connectivity index (χ3n) is 2.30. The molecule has 102 valence electrons. The number of hydrogen-bond acceptors (Lipinski definition) is 3. The van der Waals surface area contributed by atoms with E-state index in [1.807, 2.05) is 0 Å². The molecule has 0 heterocycles. The predicted molar refractivity (Wildman–Crippen MR) is 73.2 cm³/mol. The van der Waals surface area contributed by atoms with Crippen LogP contribution in [0.5, 0.6) is 11.5 Å². The number of nitrogens with one attached hydrogen (secondary N) is 1. The topological polar surface area (TPSA) is 76.7 Å². The number of ether oxygens (including phenoxy) is 1. The zero-order valence-corrected chi connectivity index (χ0v) is 10.4. The Hall–Kier alpha value is -2.89. The fourth-order valence-corrected chi connectivity index (χ4v) is 1.47. The van der Waals surface area contributed by atoms with E-state index < -0.39 is 6.03 Å². The Labute approximate surface area is 114 Å². The van der Waals surface area contributed by atoms with Crippen molar-refractivity contribution in [2.24, 2.45) is 10.8 Å². The maximum atomic E-state index is 12.8. The minimum atomic E-state index is -0.736. The molecule has 0 bridgehead atoms. The van der Waals surface area contributed by atoms with E-state index in [0.717, 1.165) is 5.56 Å². The van der Waals surface area contributed by atoms with Crippen LogP contribution >= 0.6 is 0 Å². The van der Waals surface area contributed by atoms with Gasteiger partial charge in [0, 0.05) is 0 Å². The molecule has 0 fully saturated rings. The molecule has 0 aromatic heterocycles. The SMILES string of the molecule is NC(=O)NN=Cc1cccc(Oc2ccc(F)cc2)c1. The van der Waals surface area contributed by atoms with Gasteiger partial charge in [0.1, 0.15) is 17.3 Å². The maximum Gasteiger partial charge on any atom is 0.332 e. The number of nitrogens with two attached hydrogens (primary N) is 1. The van der Waals surface area contributed by atoms with Crippen LogP contribution in [0.1, 0.15) is 5.56 Å². The van der Waals surface area contributed by atoms with Gasteiger partial charge in [-0.05, 0) is 42.0 Å². The maximum absolute atomic E-state index is 12.8. The summed E-state index contributed by atoms with van der Waals surface area (Å²) in [6, 6.07) is 12.0. The predicted octanol–water partition coefficient (Wildman–Crippen LogP) is 2.62. The number of amides is 2. The molecule has 2 aromatic rings. The summed E-state index contributed by atoms with van der Waals surface area (Å²) >= 11 is 0. The Bertz CT molecular complexity index is 627. The van der Waals surface area contributed by atoms with Gasteiger partial charge in [0.25, 0.3) is 0 Å². The van der Waals surface area contributed by atoms with E-state index in [1.54, 1.807) is 24.3 Å². The number of primary amides is 1. The highest BCUT2D eigenvalue weighted by atomic mass is 19.1. The van der Waals surface area contributed by atoms with Crippen molar-refractivity contribution in [3.8, 4) is 11.5 Å². The molecule has 0 spiro atoms. The van der Waals surface area contributed by atoms with Gasteiger partial charge in [0.05, 0.1) is 6.21 Å². The van der Waals surface area contributed by atoms with Crippen molar-refractivity contribution in [1.82, 2.24) is 5.43 Å². The zero-order chi connectivity index (χ0) is 14.4. The zero-order valence-electron chi connectivity index (χ0n) is 10.4. The number of carbonyl (C=O) groups excluding carboxylic acids is 1. The lowest BCUT2D eigenvalue weighted by molar-refractivity contribution is 0.249. The van der Waals surface area contributed by atoms with Crippen LogP contribution in [0, 0.1) is 5.82 Å². The van der Waals surface area contributed by atoms with Crippen molar-refractivity contribution >= 4 is 12.2 Å². The van der Waals surface area contributed by atoms with Gasteiger partial charge in [-0.3, -0.25) is 0 Å². The summed E-state index contributed by atoms with van der Waals surface area (Å²) < 4.78 is 18.3. The second-order valence-corrected chi connectivity index (χ2v) is 3.86. The van der Waals surface area contributed by atoms with Gasteiger partial charge in [-0.15, -0.1) is 0 Å². The van der Waals surface area contributed by atoms with Crippen LogP contribution in [0.2, 0.25) is 0 Å². The van der Waals surface area contributed by atoms with Crippen LogP contribution in [0.4, 0.5) is 9.18 Å². The van der Waals surface area contributed by atoms with Gasteiger partial charge in [0.15, 0.2) is 0 Å². The second-order valence-electron chi connectivity index (χ2n) is 3.86. The van der Waals surface area contributed by atoms with E-state index in [0.29, 0.717) is 11.5 Å². The first kappa shape index (κ1) is 13.5. The molecule has 5 nitrogen and oxygen atoms in total. The fourth-order valence-electron chi connectivity index (χ4n) is 1.47. The molecule has 2 rings (SSSR count). The van der Waals surface area contributed by atoms with E-state index in [-0.39, 0.29) is 5.82 Å². The fraction of sp³-hybridized carbons (Fsp3) is 0. The summed E-state index contributed by atoms with van der Waals surface area (Å²) in [6.45, 7) is 0. The highest BCUT2D eigenvalue weighted by Crippen LogP contribution is 2.21. The van der Waals surface area contributed by atoms with Crippen LogP contribution in [0.25, 0.3) is 0 Å². The molecule has 2 amide bonds. The Morgan fingerprint density at radius 2 is 1.95 bits per heavy atom. The number of rotatable bonds is 4. The molecule has 0 unspecified atom stereocenters. The summed E-state index contributed by atoms with van der Waals surface area (Å²) in [5.41, 5.74) is 7.70. The highest BCUT2D eigenvalue weighted by Gasteiger charge is 1.99.